The van der Waals surface area contributed by atoms with Gasteiger partial charge in [-0.2, -0.15) is 0 Å². The zero-order valence-electron chi connectivity index (χ0n) is 8.20. The fraction of sp³-hybridized carbons (Fsp3) is 0.333. The van der Waals surface area contributed by atoms with E-state index in [1.165, 1.54) is 0 Å². The van der Waals surface area contributed by atoms with Gasteiger partial charge in [-0.15, -0.1) is 0 Å². The topological polar surface area (TPSA) is 64.4 Å². The van der Waals surface area contributed by atoms with E-state index < -0.39 is 4.92 Å². The molecule has 6 heteroatoms. The molecular formula is C9H11BrN2O3. The van der Waals surface area contributed by atoms with E-state index in [1.54, 1.807) is 25.3 Å². The monoisotopic (exact) mass is 274 g/mol. The first-order valence-corrected chi connectivity index (χ1v) is 5.12. The van der Waals surface area contributed by atoms with Crippen molar-refractivity contribution >= 4 is 27.3 Å². The van der Waals surface area contributed by atoms with Crippen molar-refractivity contribution in [2.45, 2.75) is 0 Å². The molecule has 5 nitrogen and oxygen atoms in total. The largest absolute Gasteiger partial charge is 0.383 e. The predicted molar refractivity (Wildman–Crippen MR) is 61.2 cm³/mol. The number of hydrogen-bond donors (Lipinski definition) is 1. The molecule has 1 rings (SSSR count). The number of nitro benzene ring substituents is 1. The Labute approximate surface area is 95.7 Å². The van der Waals surface area contributed by atoms with Crippen LogP contribution in [-0.4, -0.2) is 25.2 Å². The van der Waals surface area contributed by atoms with Gasteiger partial charge in [-0.05, 0) is 28.1 Å². The van der Waals surface area contributed by atoms with Gasteiger partial charge in [0.15, 0.2) is 0 Å². The van der Waals surface area contributed by atoms with Crippen molar-refractivity contribution in [2.75, 3.05) is 25.6 Å². The zero-order chi connectivity index (χ0) is 11.3. The van der Waals surface area contributed by atoms with Crippen molar-refractivity contribution in [3.8, 4) is 0 Å². The SMILES string of the molecule is COCCNc1cccc(Br)c1[N+](=O)[O-]. The molecule has 0 fully saturated rings. The van der Waals surface area contributed by atoms with Crippen molar-refractivity contribution in [3.05, 3.63) is 32.8 Å². The zero-order valence-corrected chi connectivity index (χ0v) is 9.78. The van der Waals surface area contributed by atoms with E-state index in [1.807, 2.05) is 0 Å². The van der Waals surface area contributed by atoms with Crippen LogP contribution < -0.4 is 5.32 Å². The van der Waals surface area contributed by atoms with Gasteiger partial charge in [0.05, 0.1) is 16.0 Å². The van der Waals surface area contributed by atoms with Gasteiger partial charge < -0.3 is 10.1 Å². The predicted octanol–water partition coefficient (Wildman–Crippen LogP) is 2.42. The number of anilines is 1. The quantitative estimate of drug-likeness (QED) is 0.509. The molecule has 0 aliphatic heterocycles. The summed E-state index contributed by atoms with van der Waals surface area (Å²) in [7, 11) is 1.58. The van der Waals surface area contributed by atoms with E-state index in [0.29, 0.717) is 23.3 Å². The average molecular weight is 275 g/mol. The minimum atomic E-state index is -0.417. The summed E-state index contributed by atoms with van der Waals surface area (Å²) in [4.78, 5) is 10.4. The van der Waals surface area contributed by atoms with Gasteiger partial charge >= 0.3 is 5.69 Å². The van der Waals surface area contributed by atoms with Crippen molar-refractivity contribution in [1.29, 1.82) is 0 Å². The van der Waals surface area contributed by atoms with Crippen LogP contribution in [0.1, 0.15) is 0 Å². The Morgan fingerprint density at radius 2 is 2.33 bits per heavy atom. The number of hydrogen-bond acceptors (Lipinski definition) is 4. The molecule has 0 radical (unpaired) electrons. The lowest BCUT2D eigenvalue weighted by Gasteiger charge is -2.06. The molecule has 0 aliphatic rings. The van der Waals surface area contributed by atoms with E-state index in [4.69, 9.17) is 4.74 Å². The third-order valence-corrected chi connectivity index (χ3v) is 2.43. The number of nitro groups is 1. The lowest BCUT2D eigenvalue weighted by molar-refractivity contribution is -0.384. The summed E-state index contributed by atoms with van der Waals surface area (Å²) < 4.78 is 5.32. The van der Waals surface area contributed by atoms with Crippen LogP contribution in [-0.2, 0) is 4.74 Å². The molecule has 1 aromatic carbocycles. The van der Waals surface area contributed by atoms with E-state index in [-0.39, 0.29) is 5.69 Å². The van der Waals surface area contributed by atoms with Crippen molar-refractivity contribution in [1.82, 2.24) is 0 Å². The summed E-state index contributed by atoms with van der Waals surface area (Å²) in [5.41, 5.74) is 0.542. The highest BCUT2D eigenvalue weighted by Gasteiger charge is 2.17. The van der Waals surface area contributed by atoms with Gasteiger partial charge in [-0.1, -0.05) is 6.07 Å². The van der Waals surface area contributed by atoms with Crippen molar-refractivity contribution < 1.29 is 9.66 Å². The minimum Gasteiger partial charge on any atom is -0.383 e. The Kier molecular flexibility index (Phi) is 4.51. The van der Waals surface area contributed by atoms with Gasteiger partial charge in [-0.3, -0.25) is 10.1 Å². The third kappa shape index (κ3) is 3.17. The molecule has 0 heterocycles. The third-order valence-electron chi connectivity index (χ3n) is 1.79. The molecular weight excluding hydrogens is 264 g/mol. The van der Waals surface area contributed by atoms with Crippen LogP contribution in [0.25, 0.3) is 0 Å². The molecule has 1 N–H and O–H groups in total. The van der Waals surface area contributed by atoms with E-state index in [0.717, 1.165) is 0 Å². The van der Waals surface area contributed by atoms with Crippen LogP contribution in [0.3, 0.4) is 0 Å². The first-order valence-electron chi connectivity index (χ1n) is 4.32. The number of para-hydroxylation sites is 1. The lowest BCUT2D eigenvalue weighted by Crippen LogP contribution is -2.09. The molecule has 0 amide bonds. The maximum absolute atomic E-state index is 10.8. The van der Waals surface area contributed by atoms with Crippen LogP contribution in [0.4, 0.5) is 11.4 Å². The number of rotatable bonds is 5. The van der Waals surface area contributed by atoms with E-state index >= 15 is 0 Å². The highest BCUT2D eigenvalue weighted by atomic mass is 79.9. The molecule has 0 saturated heterocycles. The Hall–Kier alpha value is -1.14. The number of ether oxygens (including phenoxy) is 1. The highest BCUT2D eigenvalue weighted by molar-refractivity contribution is 9.10. The number of halogens is 1. The van der Waals surface area contributed by atoms with Gasteiger partial charge in [0.25, 0.3) is 0 Å². The second-order valence-electron chi connectivity index (χ2n) is 2.81. The van der Waals surface area contributed by atoms with E-state index in [2.05, 4.69) is 21.2 Å². The first kappa shape index (κ1) is 11.9. The smallest absolute Gasteiger partial charge is 0.306 e. The van der Waals surface area contributed by atoms with Crippen LogP contribution in [0, 0.1) is 10.1 Å². The summed E-state index contributed by atoms with van der Waals surface area (Å²) in [5, 5.41) is 13.7. The summed E-state index contributed by atoms with van der Waals surface area (Å²) in [5.74, 6) is 0. The second kappa shape index (κ2) is 5.67. The molecule has 0 bridgehead atoms. The molecule has 0 aliphatic carbocycles. The van der Waals surface area contributed by atoms with E-state index in [9.17, 15) is 10.1 Å². The standard InChI is InChI=1S/C9H11BrN2O3/c1-15-6-5-11-8-4-2-3-7(10)9(8)12(13)14/h2-4,11H,5-6H2,1H3. The molecule has 0 atom stereocenters. The second-order valence-corrected chi connectivity index (χ2v) is 3.67. The minimum absolute atomic E-state index is 0.0496. The molecule has 0 unspecified atom stereocenters. The summed E-state index contributed by atoms with van der Waals surface area (Å²) in [6, 6.07) is 5.05. The molecule has 82 valence electrons. The van der Waals surface area contributed by atoms with Gasteiger partial charge in [-0.25, -0.2) is 0 Å². The van der Waals surface area contributed by atoms with Crippen LogP contribution in [0.2, 0.25) is 0 Å². The Morgan fingerprint density at radius 1 is 1.60 bits per heavy atom. The molecule has 1 aromatic rings. The number of methoxy groups -OCH3 is 1. The maximum Gasteiger partial charge on any atom is 0.306 e. The average Bonchev–Trinajstić information content (AvgIpc) is 2.17. The fourth-order valence-corrected chi connectivity index (χ4v) is 1.64. The normalized spacial score (nSPS) is 10.0. The van der Waals surface area contributed by atoms with Gasteiger partial charge in [0, 0.05) is 13.7 Å². The Balaban J connectivity index is 2.86. The summed E-state index contributed by atoms with van der Waals surface area (Å²) in [6.45, 7) is 1.04. The Bertz CT molecular complexity index is 357. The summed E-state index contributed by atoms with van der Waals surface area (Å²) >= 11 is 3.14. The highest BCUT2D eigenvalue weighted by Crippen LogP contribution is 2.32. The lowest BCUT2D eigenvalue weighted by atomic mass is 10.2. The first-order chi connectivity index (χ1) is 7.16. The number of nitrogens with one attached hydrogen (secondary N) is 1. The van der Waals surface area contributed by atoms with Crippen LogP contribution in [0.15, 0.2) is 22.7 Å². The maximum atomic E-state index is 10.8. The van der Waals surface area contributed by atoms with Gasteiger partial charge in [0.2, 0.25) is 0 Å². The Morgan fingerprint density at radius 3 is 2.93 bits per heavy atom. The number of benzene rings is 1. The van der Waals surface area contributed by atoms with Crippen LogP contribution >= 0.6 is 15.9 Å². The van der Waals surface area contributed by atoms with Crippen molar-refractivity contribution in [2.24, 2.45) is 0 Å². The van der Waals surface area contributed by atoms with Crippen molar-refractivity contribution in [3.63, 3.8) is 0 Å². The molecule has 0 spiro atoms. The summed E-state index contributed by atoms with van der Waals surface area (Å²) in [6.07, 6.45) is 0. The number of nitrogens with zero attached hydrogens (tertiary/aromatic N) is 1. The molecule has 15 heavy (non-hydrogen) atoms. The van der Waals surface area contributed by atoms with Crippen LogP contribution in [0.5, 0.6) is 0 Å². The molecule has 0 saturated carbocycles. The molecule has 0 aromatic heterocycles. The fourth-order valence-electron chi connectivity index (χ4n) is 1.13. The van der Waals surface area contributed by atoms with Gasteiger partial charge in [0.1, 0.15) is 5.69 Å².